The maximum absolute atomic E-state index is 13.1. The van der Waals surface area contributed by atoms with Crippen molar-refractivity contribution in [2.45, 2.75) is 19.0 Å². The second-order valence-electron chi connectivity index (χ2n) is 5.93. The Morgan fingerprint density at radius 2 is 1.86 bits per heavy atom. The van der Waals surface area contributed by atoms with Crippen LogP contribution < -0.4 is 14.8 Å². The third-order valence-electron chi connectivity index (χ3n) is 3.92. The van der Waals surface area contributed by atoms with Crippen LogP contribution in [0.4, 0.5) is 22.0 Å². The van der Waals surface area contributed by atoms with Crippen LogP contribution in [0, 0.1) is 0 Å². The fraction of sp³-hybridized carbons (Fsp3) is 0.176. The van der Waals surface area contributed by atoms with E-state index < -0.39 is 23.9 Å². The lowest BCUT2D eigenvalue weighted by Crippen LogP contribution is -2.25. The van der Waals surface area contributed by atoms with Crippen molar-refractivity contribution in [3.63, 3.8) is 0 Å². The topological polar surface area (TPSA) is 76.2 Å². The fourth-order valence-electron chi connectivity index (χ4n) is 2.69. The lowest BCUT2D eigenvalue weighted by molar-refractivity contribution is -0.286. The smallest absolute Gasteiger partial charge is 0.395 e. The van der Waals surface area contributed by atoms with Gasteiger partial charge in [-0.1, -0.05) is 6.07 Å². The van der Waals surface area contributed by atoms with E-state index in [-0.39, 0.29) is 29.4 Å². The number of benzene rings is 2. The van der Waals surface area contributed by atoms with E-state index in [0.29, 0.717) is 11.0 Å². The van der Waals surface area contributed by atoms with Crippen LogP contribution in [0.5, 0.6) is 11.5 Å². The number of H-pyrrole nitrogens is 1. The lowest BCUT2D eigenvalue weighted by Gasteiger charge is -2.08. The Balaban J connectivity index is 1.48. The van der Waals surface area contributed by atoms with Gasteiger partial charge >= 0.3 is 12.5 Å². The van der Waals surface area contributed by atoms with Gasteiger partial charge in [-0.3, -0.25) is 4.79 Å². The number of carbonyl (C=O) groups excluding carboxylic acids is 1. The van der Waals surface area contributed by atoms with Gasteiger partial charge in [-0.15, -0.1) is 8.78 Å². The summed E-state index contributed by atoms with van der Waals surface area (Å²) in [6.07, 6.45) is -8.31. The summed E-state index contributed by atoms with van der Waals surface area (Å²) in [7, 11) is 0. The molecule has 1 aromatic heterocycles. The molecule has 0 bridgehead atoms. The number of imidazole rings is 1. The van der Waals surface area contributed by atoms with Gasteiger partial charge in [0.1, 0.15) is 5.82 Å². The Hall–Kier alpha value is -3.37. The summed E-state index contributed by atoms with van der Waals surface area (Å²) in [5, 5.41) is 2.44. The van der Waals surface area contributed by atoms with Crippen LogP contribution in [-0.4, -0.2) is 22.2 Å². The van der Waals surface area contributed by atoms with Gasteiger partial charge in [0, 0.05) is 17.7 Å². The first-order valence-corrected chi connectivity index (χ1v) is 7.85. The number of hydrogen-bond acceptors (Lipinski definition) is 4. The molecule has 1 amide bonds. The second-order valence-corrected chi connectivity index (χ2v) is 5.93. The van der Waals surface area contributed by atoms with Gasteiger partial charge in [0.25, 0.3) is 5.91 Å². The molecule has 3 aromatic rings. The van der Waals surface area contributed by atoms with Crippen LogP contribution in [0.2, 0.25) is 0 Å². The average molecular weight is 399 g/mol. The van der Waals surface area contributed by atoms with Crippen LogP contribution in [0.1, 0.15) is 21.7 Å². The summed E-state index contributed by atoms with van der Waals surface area (Å²) in [4.78, 5) is 19.0. The summed E-state index contributed by atoms with van der Waals surface area (Å²) in [6, 6.07) is 6.52. The van der Waals surface area contributed by atoms with Gasteiger partial charge in [0.2, 0.25) is 0 Å². The molecule has 0 aliphatic carbocycles. The van der Waals surface area contributed by atoms with Gasteiger partial charge in [0.15, 0.2) is 11.5 Å². The molecule has 146 valence electrons. The summed E-state index contributed by atoms with van der Waals surface area (Å²) in [6.45, 7) is -0.119. The number of carbonyl (C=O) groups is 1. The molecule has 2 heterocycles. The molecule has 0 fully saturated rings. The number of alkyl halides is 5. The first-order valence-electron chi connectivity index (χ1n) is 7.85. The number of halogens is 5. The van der Waals surface area contributed by atoms with Crippen molar-refractivity contribution >= 4 is 16.9 Å². The highest BCUT2D eigenvalue weighted by Crippen LogP contribution is 2.42. The molecule has 0 spiro atoms. The summed E-state index contributed by atoms with van der Waals surface area (Å²) in [5.74, 6) is -0.796. The molecule has 0 saturated heterocycles. The van der Waals surface area contributed by atoms with E-state index in [9.17, 15) is 26.7 Å². The number of fused-ring (bicyclic) bond motifs is 2. The molecule has 6 nitrogen and oxygen atoms in total. The van der Waals surface area contributed by atoms with Crippen LogP contribution in [0.15, 0.2) is 36.4 Å². The molecule has 0 saturated carbocycles. The Bertz CT molecular complexity index is 1030. The van der Waals surface area contributed by atoms with Gasteiger partial charge in [-0.2, -0.15) is 13.2 Å². The van der Waals surface area contributed by atoms with Crippen molar-refractivity contribution in [3.8, 4) is 11.5 Å². The number of rotatable bonds is 3. The van der Waals surface area contributed by atoms with E-state index in [1.165, 1.54) is 18.2 Å². The van der Waals surface area contributed by atoms with Crippen LogP contribution >= 0.6 is 0 Å². The normalized spacial score (nSPS) is 15.0. The monoisotopic (exact) mass is 399 g/mol. The Morgan fingerprint density at radius 1 is 1.14 bits per heavy atom. The predicted molar refractivity (Wildman–Crippen MR) is 84.9 cm³/mol. The third-order valence-corrected chi connectivity index (χ3v) is 3.92. The molecular formula is C17H10F5N3O3. The van der Waals surface area contributed by atoms with Crippen molar-refractivity contribution in [3.05, 3.63) is 53.3 Å². The van der Waals surface area contributed by atoms with E-state index in [1.807, 2.05) is 0 Å². The number of ether oxygens (including phenoxy) is 2. The van der Waals surface area contributed by atoms with Gasteiger partial charge in [-0.05, 0) is 18.2 Å². The first kappa shape index (κ1) is 18.0. The highest BCUT2D eigenvalue weighted by atomic mass is 19.4. The van der Waals surface area contributed by atoms with Crippen LogP contribution in [0.3, 0.4) is 0 Å². The maximum Gasteiger partial charge on any atom is 0.586 e. The number of amides is 1. The quantitative estimate of drug-likeness (QED) is 0.657. The zero-order chi connectivity index (χ0) is 20.1. The number of aromatic amines is 1. The van der Waals surface area contributed by atoms with Crippen molar-refractivity contribution < 1.29 is 36.2 Å². The van der Waals surface area contributed by atoms with E-state index in [0.717, 1.165) is 18.2 Å². The van der Waals surface area contributed by atoms with Gasteiger partial charge < -0.3 is 19.8 Å². The minimum absolute atomic E-state index is 0.119. The Labute approximate surface area is 153 Å². The Kier molecular flexibility index (Phi) is 3.91. The lowest BCUT2D eigenvalue weighted by atomic mass is 10.1. The first-order chi connectivity index (χ1) is 13.1. The van der Waals surface area contributed by atoms with Crippen molar-refractivity contribution in [2.75, 3.05) is 0 Å². The van der Waals surface area contributed by atoms with Crippen molar-refractivity contribution in [2.24, 2.45) is 0 Å². The minimum atomic E-state index is -4.56. The van der Waals surface area contributed by atoms with Gasteiger partial charge in [0.05, 0.1) is 23.1 Å². The Morgan fingerprint density at radius 3 is 2.57 bits per heavy atom. The maximum atomic E-state index is 13.1. The summed E-state index contributed by atoms with van der Waals surface area (Å²) < 4.78 is 73.0. The highest BCUT2D eigenvalue weighted by Gasteiger charge is 2.43. The number of hydrogen-bond donors (Lipinski definition) is 2. The number of nitrogens with one attached hydrogen (secondary N) is 2. The molecular weight excluding hydrogens is 389 g/mol. The van der Waals surface area contributed by atoms with E-state index in [4.69, 9.17) is 0 Å². The molecule has 0 unspecified atom stereocenters. The van der Waals surface area contributed by atoms with Crippen LogP contribution in [0.25, 0.3) is 11.0 Å². The van der Waals surface area contributed by atoms with E-state index in [1.54, 1.807) is 0 Å². The summed E-state index contributed by atoms with van der Waals surface area (Å²) >= 11 is 0. The third kappa shape index (κ3) is 3.42. The zero-order valence-electron chi connectivity index (χ0n) is 13.7. The minimum Gasteiger partial charge on any atom is -0.395 e. The molecule has 28 heavy (non-hydrogen) atoms. The van der Waals surface area contributed by atoms with Gasteiger partial charge in [-0.25, -0.2) is 4.98 Å². The molecule has 1 aliphatic rings. The average Bonchev–Trinajstić information content (AvgIpc) is 3.13. The fourth-order valence-corrected chi connectivity index (χ4v) is 2.69. The predicted octanol–water partition coefficient (Wildman–Crippen LogP) is 3.83. The second kappa shape index (κ2) is 6.08. The molecule has 2 aromatic carbocycles. The van der Waals surface area contributed by atoms with Crippen molar-refractivity contribution in [1.82, 2.24) is 15.3 Å². The molecule has 4 rings (SSSR count). The number of nitrogens with zero attached hydrogens (tertiary/aromatic N) is 1. The van der Waals surface area contributed by atoms with E-state index in [2.05, 4.69) is 24.8 Å². The van der Waals surface area contributed by atoms with E-state index >= 15 is 0 Å². The number of aromatic nitrogens is 2. The molecule has 0 radical (unpaired) electrons. The van der Waals surface area contributed by atoms with Crippen molar-refractivity contribution in [1.29, 1.82) is 0 Å². The largest absolute Gasteiger partial charge is 0.586 e. The highest BCUT2D eigenvalue weighted by molar-refractivity contribution is 5.94. The molecule has 1 aliphatic heterocycles. The summed E-state index contributed by atoms with van der Waals surface area (Å²) in [5.41, 5.74) is -0.434. The zero-order valence-corrected chi connectivity index (χ0v) is 13.7. The SMILES string of the molecule is O=C(NCc1nc2cc3c(cc2[nH]1)OC(F)(F)O3)c1cccc(C(F)(F)F)c1. The molecule has 11 heteroatoms. The molecule has 2 N–H and O–H groups in total. The van der Waals surface area contributed by atoms with Crippen LogP contribution in [-0.2, 0) is 12.7 Å². The molecule has 0 atom stereocenters. The standard InChI is InChI=1S/C17H10F5N3O3/c18-16(19,20)9-3-1-2-8(4-9)15(26)23-7-14-24-10-5-12-13(6-11(10)25-14)28-17(21,22)27-12/h1-6H,7H2,(H,23,26)(H,24,25).